The molecule has 2 heterocycles. The van der Waals surface area contributed by atoms with E-state index in [1.807, 2.05) is 10.7 Å². The van der Waals surface area contributed by atoms with Crippen LogP contribution in [0.3, 0.4) is 0 Å². The highest BCUT2D eigenvalue weighted by Gasteiger charge is 2.24. The van der Waals surface area contributed by atoms with Crippen LogP contribution in [0.25, 0.3) is 22.3 Å². The Kier molecular flexibility index (Phi) is 4.61. The Morgan fingerprint density at radius 3 is 2.54 bits per heavy atom. The first kappa shape index (κ1) is 18.2. The summed E-state index contributed by atoms with van der Waals surface area (Å²) in [6, 6.07) is 8.27. The molecule has 0 unspecified atom stereocenters. The largest absolute Gasteiger partial charge is 0.383 e. The molecule has 0 aliphatic heterocycles. The Bertz CT molecular complexity index is 933. The molecule has 0 amide bonds. The van der Waals surface area contributed by atoms with Crippen molar-refractivity contribution < 1.29 is 0 Å². The van der Waals surface area contributed by atoms with Crippen LogP contribution in [0.15, 0.2) is 24.3 Å². The first-order valence-corrected chi connectivity index (χ1v) is 9.04. The molecule has 2 aromatic heterocycles. The number of nitrogens with one attached hydrogen (secondary N) is 1. The fraction of sp³-hybridized carbons (Fsp3) is 0.450. The Morgan fingerprint density at radius 1 is 1.19 bits per heavy atom. The van der Waals surface area contributed by atoms with E-state index in [-0.39, 0.29) is 5.54 Å². The summed E-state index contributed by atoms with van der Waals surface area (Å²) in [6.45, 7) is 13.4. The fourth-order valence-electron chi connectivity index (χ4n) is 2.90. The maximum absolute atomic E-state index is 6.47. The smallest absolute Gasteiger partial charge is 0.225 e. The van der Waals surface area contributed by atoms with E-state index in [1.54, 1.807) is 0 Å². The molecule has 3 N–H and O–H groups in total. The summed E-state index contributed by atoms with van der Waals surface area (Å²) in [5.74, 6) is 1.68. The second kappa shape index (κ2) is 6.59. The number of rotatable bonds is 4. The molecule has 26 heavy (non-hydrogen) atoms. The van der Waals surface area contributed by atoms with Gasteiger partial charge in [-0.25, -0.2) is 9.67 Å². The lowest BCUT2D eigenvalue weighted by atomic mass is 10.1. The third kappa shape index (κ3) is 3.49. The lowest BCUT2D eigenvalue weighted by molar-refractivity contribution is 0.364. The predicted molar refractivity (Wildman–Crippen MR) is 108 cm³/mol. The van der Waals surface area contributed by atoms with E-state index < -0.39 is 0 Å². The van der Waals surface area contributed by atoms with E-state index in [0.717, 1.165) is 23.2 Å². The van der Waals surface area contributed by atoms with E-state index in [0.29, 0.717) is 23.3 Å². The van der Waals surface area contributed by atoms with Gasteiger partial charge in [0.2, 0.25) is 5.95 Å². The fourth-order valence-corrected chi connectivity index (χ4v) is 2.90. The summed E-state index contributed by atoms with van der Waals surface area (Å²) >= 11 is 0. The minimum atomic E-state index is -0.236. The van der Waals surface area contributed by atoms with Crippen LogP contribution in [-0.4, -0.2) is 26.3 Å². The van der Waals surface area contributed by atoms with E-state index in [4.69, 9.17) is 10.7 Å². The van der Waals surface area contributed by atoms with Crippen molar-refractivity contribution in [2.75, 3.05) is 17.6 Å². The van der Waals surface area contributed by atoms with Crippen LogP contribution in [0.1, 0.15) is 40.2 Å². The van der Waals surface area contributed by atoms with Crippen LogP contribution < -0.4 is 11.1 Å². The lowest BCUT2D eigenvalue weighted by Gasteiger charge is -2.20. The number of nitrogen functional groups attached to an aromatic ring is 1. The zero-order valence-electron chi connectivity index (χ0n) is 16.5. The molecule has 6 nitrogen and oxygen atoms in total. The van der Waals surface area contributed by atoms with E-state index in [1.165, 1.54) is 5.56 Å². The van der Waals surface area contributed by atoms with Crippen molar-refractivity contribution in [1.29, 1.82) is 0 Å². The zero-order chi connectivity index (χ0) is 19.1. The van der Waals surface area contributed by atoms with Gasteiger partial charge in [-0.2, -0.15) is 4.98 Å². The number of aryl methyl sites for hydroxylation is 1. The van der Waals surface area contributed by atoms with Crippen LogP contribution >= 0.6 is 0 Å². The number of hydrogen-bond acceptors (Lipinski definition) is 5. The number of nitrogens with zero attached hydrogens (tertiary/aromatic N) is 4. The number of fused-ring (bicyclic) bond motifs is 1. The van der Waals surface area contributed by atoms with Crippen molar-refractivity contribution in [2.45, 2.75) is 47.1 Å². The molecular weight excluding hydrogens is 324 g/mol. The normalized spacial score (nSPS) is 12.1. The molecule has 1 aromatic carbocycles. The van der Waals surface area contributed by atoms with Crippen LogP contribution in [0.4, 0.5) is 11.8 Å². The molecule has 0 aliphatic carbocycles. The Balaban J connectivity index is 2.26. The Labute approximate surface area is 154 Å². The van der Waals surface area contributed by atoms with Gasteiger partial charge in [0.05, 0.1) is 16.6 Å². The van der Waals surface area contributed by atoms with Gasteiger partial charge in [0.15, 0.2) is 5.65 Å². The second-order valence-corrected chi connectivity index (χ2v) is 8.21. The summed E-state index contributed by atoms with van der Waals surface area (Å²) < 4.78 is 1.83. The number of hydrogen-bond donors (Lipinski definition) is 2. The van der Waals surface area contributed by atoms with Gasteiger partial charge in [0.1, 0.15) is 5.82 Å². The summed E-state index contributed by atoms with van der Waals surface area (Å²) in [6.07, 6.45) is 0. The first-order valence-electron chi connectivity index (χ1n) is 9.04. The minimum absolute atomic E-state index is 0.236. The van der Waals surface area contributed by atoms with Crippen molar-refractivity contribution in [3.63, 3.8) is 0 Å². The molecule has 6 heteroatoms. The second-order valence-electron chi connectivity index (χ2n) is 8.21. The van der Waals surface area contributed by atoms with E-state index in [2.05, 4.69) is 75.1 Å². The third-order valence-corrected chi connectivity index (χ3v) is 4.16. The van der Waals surface area contributed by atoms with Gasteiger partial charge >= 0.3 is 0 Å². The van der Waals surface area contributed by atoms with Crippen LogP contribution in [0.5, 0.6) is 0 Å². The monoisotopic (exact) mass is 352 g/mol. The summed E-state index contributed by atoms with van der Waals surface area (Å²) in [4.78, 5) is 9.40. The van der Waals surface area contributed by atoms with Crippen molar-refractivity contribution in [3.8, 4) is 11.3 Å². The quantitative estimate of drug-likeness (QED) is 0.735. The summed E-state index contributed by atoms with van der Waals surface area (Å²) in [5, 5.41) is 8.80. The number of anilines is 2. The van der Waals surface area contributed by atoms with Gasteiger partial charge in [0, 0.05) is 12.1 Å². The molecule has 0 bridgehead atoms. The van der Waals surface area contributed by atoms with Crippen molar-refractivity contribution in [3.05, 3.63) is 29.8 Å². The molecule has 0 radical (unpaired) electrons. The molecule has 0 atom stereocenters. The number of nitrogens with two attached hydrogens (primary N) is 1. The van der Waals surface area contributed by atoms with Gasteiger partial charge < -0.3 is 11.1 Å². The van der Waals surface area contributed by atoms with Gasteiger partial charge in [-0.1, -0.05) is 37.6 Å². The summed E-state index contributed by atoms with van der Waals surface area (Å²) in [5.41, 5.74) is 9.87. The molecular formula is C20H28N6. The third-order valence-electron chi connectivity index (χ3n) is 4.16. The van der Waals surface area contributed by atoms with Crippen LogP contribution in [-0.2, 0) is 5.54 Å². The molecule has 138 valence electrons. The molecule has 3 rings (SSSR count). The van der Waals surface area contributed by atoms with Gasteiger partial charge in [-0.05, 0) is 39.7 Å². The predicted octanol–water partition coefficient (Wildman–Crippen LogP) is 4.21. The maximum Gasteiger partial charge on any atom is 0.225 e. The lowest BCUT2D eigenvalue weighted by Crippen LogP contribution is -2.24. The SMILES string of the molecule is Cc1cccc(-c2nc(NCC(C)C)nc3nn(C(C)(C)C)c(N)c23)c1. The average molecular weight is 352 g/mol. The standard InChI is InChI=1S/C20H28N6/c1-12(2)11-22-19-23-16(14-9-7-8-13(3)10-14)15-17(21)26(20(4,5)6)25-18(15)24-19/h7-10,12H,11,21H2,1-6H3,(H,22,24,25). The van der Waals surface area contributed by atoms with Gasteiger partial charge in [-0.3, -0.25) is 0 Å². The van der Waals surface area contributed by atoms with Crippen molar-refractivity contribution in [1.82, 2.24) is 19.7 Å². The molecule has 0 aliphatic rings. The first-order chi connectivity index (χ1) is 12.2. The topological polar surface area (TPSA) is 81.7 Å². The summed E-state index contributed by atoms with van der Waals surface area (Å²) in [7, 11) is 0. The highest BCUT2D eigenvalue weighted by molar-refractivity contribution is 5.99. The van der Waals surface area contributed by atoms with Gasteiger partial charge in [-0.15, -0.1) is 5.10 Å². The average Bonchev–Trinajstić information content (AvgIpc) is 2.89. The molecule has 0 spiro atoms. The van der Waals surface area contributed by atoms with Crippen LogP contribution in [0, 0.1) is 12.8 Å². The van der Waals surface area contributed by atoms with Crippen LogP contribution in [0.2, 0.25) is 0 Å². The van der Waals surface area contributed by atoms with Gasteiger partial charge in [0.25, 0.3) is 0 Å². The van der Waals surface area contributed by atoms with E-state index in [9.17, 15) is 0 Å². The number of benzene rings is 1. The van der Waals surface area contributed by atoms with Crippen molar-refractivity contribution >= 4 is 22.8 Å². The Hall–Kier alpha value is -2.63. The molecule has 0 fully saturated rings. The van der Waals surface area contributed by atoms with Crippen molar-refractivity contribution in [2.24, 2.45) is 5.92 Å². The molecule has 3 aromatic rings. The highest BCUT2D eigenvalue weighted by atomic mass is 15.4. The molecule has 0 saturated heterocycles. The van der Waals surface area contributed by atoms with E-state index >= 15 is 0 Å². The maximum atomic E-state index is 6.47. The number of aromatic nitrogens is 4. The Morgan fingerprint density at radius 2 is 1.92 bits per heavy atom. The highest BCUT2D eigenvalue weighted by Crippen LogP contribution is 2.34. The zero-order valence-corrected chi connectivity index (χ0v) is 16.5. The molecule has 0 saturated carbocycles. The minimum Gasteiger partial charge on any atom is -0.383 e.